The van der Waals surface area contributed by atoms with Crippen molar-refractivity contribution >= 4 is 27.6 Å². The van der Waals surface area contributed by atoms with Crippen molar-refractivity contribution in [2.24, 2.45) is 0 Å². The van der Waals surface area contributed by atoms with Crippen LogP contribution in [-0.2, 0) is 4.79 Å². The van der Waals surface area contributed by atoms with Crippen molar-refractivity contribution in [2.75, 3.05) is 13.1 Å². The van der Waals surface area contributed by atoms with Crippen molar-refractivity contribution in [3.8, 4) is 0 Å². The molecule has 2 aromatic rings. The van der Waals surface area contributed by atoms with Gasteiger partial charge in [-0.05, 0) is 37.5 Å². The van der Waals surface area contributed by atoms with E-state index in [4.69, 9.17) is 0 Å². The summed E-state index contributed by atoms with van der Waals surface area (Å²) in [6.07, 6.45) is 4.44. The van der Waals surface area contributed by atoms with Crippen LogP contribution >= 0.6 is 15.9 Å². The number of hydrogen-bond acceptors (Lipinski definition) is 3. The lowest BCUT2D eigenvalue weighted by molar-refractivity contribution is -0.134. The van der Waals surface area contributed by atoms with Gasteiger partial charge in [0, 0.05) is 35.4 Å². The van der Waals surface area contributed by atoms with Crippen molar-refractivity contribution in [1.82, 2.24) is 9.47 Å². The highest BCUT2D eigenvalue weighted by Crippen LogP contribution is 2.21. The Kier molecular flexibility index (Phi) is 5.48. The van der Waals surface area contributed by atoms with E-state index in [0.29, 0.717) is 18.7 Å². The molecule has 0 bridgehead atoms. The lowest BCUT2D eigenvalue weighted by Gasteiger charge is -2.30. The van der Waals surface area contributed by atoms with Gasteiger partial charge in [-0.3, -0.25) is 19.0 Å². The molecule has 1 aliphatic rings. The highest BCUT2D eigenvalue weighted by molar-refractivity contribution is 9.10. The summed E-state index contributed by atoms with van der Waals surface area (Å²) < 4.78 is 2.08. The quantitative estimate of drug-likeness (QED) is 0.583. The van der Waals surface area contributed by atoms with Gasteiger partial charge >= 0.3 is 0 Å². The summed E-state index contributed by atoms with van der Waals surface area (Å²) in [5.41, 5.74) is 0.0534. The maximum Gasteiger partial charge on any atom is 0.253 e. The first kappa shape index (κ1) is 17.6. The number of nitrogens with zero attached hydrogens (tertiary/aromatic N) is 2. The number of ketones is 1. The van der Waals surface area contributed by atoms with E-state index in [1.165, 1.54) is 16.8 Å². The summed E-state index contributed by atoms with van der Waals surface area (Å²) >= 11 is 3.34. The van der Waals surface area contributed by atoms with Gasteiger partial charge in [-0.25, -0.2) is 0 Å². The molecular weight excluding hydrogens is 384 g/mol. The third-order valence-electron chi connectivity index (χ3n) is 4.41. The Morgan fingerprint density at radius 1 is 0.960 bits per heavy atom. The average molecular weight is 403 g/mol. The monoisotopic (exact) mass is 402 g/mol. The largest absolute Gasteiger partial charge is 0.340 e. The minimum absolute atomic E-state index is 0.305. The van der Waals surface area contributed by atoms with E-state index in [2.05, 4.69) is 15.9 Å². The van der Waals surface area contributed by atoms with E-state index in [1.54, 1.807) is 41.3 Å². The number of carbonyl (C=O) groups is 2. The van der Waals surface area contributed by atoms with Gasteiger partial charge in [0.25, 0.3) is 11.5 Å². The molecule has 1 aromatic heterocycles. The zero-order valence-electron chi connectivity index (χ0n) is 13.7. The SMILES string of the molecule is O=C(c1ccc(Br)cc1)C(C(=O)N1CCCCC1)n1ccccc1=O. The molecule has 130 valence electrons. The molecule has 1 fully saturated rings. The molecule has 25 heavy (non-hydrogen) atoms. The molecule has 1 unspecified atom stereocenters. The number of Topliss-reactive ketones (excluding diaryl/α,β-unsaturated/α-hetero) is 1. The molecule has 0 radical (unpaired) electrons. The summed E-state index contributed by atoms with van der Waals surface area (Å²) in [6, 6.07) is 10.3. The molecule has 0 spiro atoms. The number of aromatic nitrogens is 1. The van der Waals surface area contributed by atoms with Crippen LogP contribution in [0.25, 0.3) is 0 Å². The van der Waals surface area contributed by atoms with E-state index in [1.807, 2.05) is 0 Å². The van der Waals surface area contributed by atoms with Crippen LogP contribution < -0.4 is 5.56 Å². The van der Waals surface area contributed by atoms with Crippen LogP contribution in [0.3, 0.4) is 0 Å². The molecule has 1 aromatic carbocycles. The second-order valence-electron chi connectivity index (χ2n) is 6.11. The van der Waals surface area contributed by atoms with Crippen molar-refractivity contribution in [3.63, 3.8) is 0 Å². The van der Waals surface area contributed by atoms with Crippen molar-refractivity contribution in [3.05, 3.63) is 69.1 Å². The van der Waals surface area contributed by atoms with Crippen molar-refractivity contribution < 1.29 is 9.59 Å². The predicted octanol–water partition coefficient (Wildman–Crippen LogP) is 3.05. The second-order valence-corrected chi connectivity index (χ2v) is 7.02. The van der Waals surface area contributed by atoms with Gasteiger partial charge in [-0.2, -0.15) is 0 Å². The zero-order chi connectivity index (χ0) is 17.8. The maximum atomic E-state index is 13.1. The van der Waals surface area contributed by atoms with Crippen LogP contribution in [0.4, 0.5) is 0 Å². The molecule has 2 heterocycles. The van der Waals surface area contributed by atoms with Crippen molar-refractivity contribution in [1.29, 1.82) is 0 Å². The number of amides is 1. The number of benzene rings is 1. The van der Waals surface area contributed by atoms with Gasteiger partial charge in [0.15, 0.2) is 11.8 Å². The zero-order valence-corrected chi connectivity index (χ0v) is 15.3. The predicted molar refractivity (Wildman–Crippen MR) is 98.6 cm³/mol. The maximum absolute atomic E-state index is 13.1. The van der Waals surface area contributed by atoms with Crippen LogP contribution in [0.5, 0.6) is 0 Å². The minimum atomic E-state index is -1.16. The number of hydrogen-bond donors (Lipinski definition) is 0. The fourth-order valence-corrected chi connectivity index (χ4v) is 3.33. The molecule has 3 rings (SSSR count). The van der Waals surface area contributed by atoms with E-state index in [0.717, 1.165) is 23.7 Å². The molecule has 1 amide bonds. The molecule has 0 saturated carbocycles. The van der Waals surface area contributed by atoms with E-state index >= 15 is 0 Å². The lowest BCUT2D eigenvalue weighted by atomic mass is 10.0. The van der Waals surface area contributed by atoms with Gasteiger partial charge in [-0.15, -0.1) is 0 Å². The van der Waals surface area contributed by atoms with Crippen molar-refractivity contribution in [2.45, 2.75) is 25.3 Å². The van der Waals surface area contributed by atoms with Crippen LogP contribution in [0, 0.1) is 0 Å². The number of halogens is 1. The standard InChI is InChI=1S/C19H19BrN2O3/c20-15-9-7-14(8-10-15)18(24)17(22-13-5-2-6-16(22)23)19(25)21-11-3-1-4-12-21/h2,5-10,13,17H,1,3-4,11-12H2. The topological polar surface area (TPSA) is 59.4 Å². The van der Waals surface area contributed by atoms with E-state index in [-0.39, 0.29) is 17.2 Å². The first-order chi connectivity index (χ1) is 12.1. The Bertz CT molecular complexity index is 823. The Labute approximate surface area is 154 Å². The van der Waals surface area contributed by atoms with Crippen LogP contribution in [0.15, 0.2) is 57.9 Å². The minimum Gasteiger partial charge on any atom is -0.340 e. The average Bonchev–Trinajstić information content (AvgIpc) is 2.64. The number of likely N-dealkylation sites (tertiary alicyclic amines) is 1. The highest BCUT2D eigenvalue weighted by Gasteiger charge is 2.33. The smallest absolute Gasteiger partial charge is 0.253 e. The first-order valence-corrected chi connectivity index (χ1v) is 9.13. The molecule has 0 N–H and O–H groups in total. The van der Waals surface area contributed by atoms with E-state index in [9.17, 15) is 14.4 Å². The van der Waals surface area contributed by atoms with Crippen LogP contribution in [-0.4, -0.2) is 34.2 Å². The number of rotatable bonds is 4. The molecule has 1 aliphatic heterocycles. The molecular formula is C19H19BrN2O3. The summed E-state index contributed by atoms with van der Waals surface area (Å²) in [7, 11) is 0. The van der Waals surface area contributed by atoms with Gasteiger partial charge in [-0.1, -0.05) is 34.1 Å². The third kappa shape index (κ3) is 3.90. The Morgan fingerprint density at radius 3 is 2.28 bits per heavy atom. The summed E-state index contributed by atoms with van der Waals surface area (Å²) in [5.74, 6) is -0.669. The number of piperidine rings is 1. The van der Waals surface area contributed by atoms with Gasteiger partial charge in [0.1, 0.15) is 0 Å². The molecule has 0 aliphatic carbocycles. The number of carbonyl (C=O) groups excluding carboxylic acids is 2. The summed E-state index contributed by atoms with van der Waals surface area (Å²) in [6.45, 7) is 1.26. The van der Waals surface area contributed by atoms with E-state index < -0.39 is 6.04 Å². The fourth-order valence-electron chi connectivity index (χ4n) is 3.07. The first-order valence-electron chi connectivity index (χ1n) is 8.33. The second kappa shape index (κ2) is 7.78. The Hall–Kier alpha value is -2.21. The normalized spacial score (nSPS) is 15.6. The van der Waals surface area contributed by atoms with Gasteiger partial charge < -0.3 is 4.90 Å². The number of pyridine rings is 1. The van der Waals surface area contributed by atoms with Crippen LogP contribution in [0.2, 0.25) is 0 Å². The highest BCUT2D eigenvalue weighted by atomic mass is 79.9. The van der Waals surface area contributed by atoms with Gasteiger partial charge in [0.2, 0.25) is 0 Å². The molecule has 1 atom stereocenters. The lowest BCUT2D eigenvalue weighted by Crippen LogP contribution is -2.45. The molecule has 6 heteroatoms. The Balaban J connectivity index is 2.00. The summed E-state index contributed by atoms with van der Waals surface area (Å²) in [5, 5.41) is 0. The third-order valence-corrected chi connectivity index (χ3v) is 4.94. The molecule has 1 saturated heterocycles. The fraction of sp³-hybridized carbons (Fsp3) is 0.316. The Morgan fingerprint density at radius 2 is 1.64 bits per heavy atom. The van der Waals surface area contributed by atoms with Gasteiger partial charge in [0.05, 0.1) is 0 Å². The summed E-state index contributed by atoms with van der Waals surface area (Å²) in [4.78, 5) is 40.1. The molecule has 5 nitrogen and oxygen atoms in total. The van der Waals surface area contributed by atoms with Crippen LogP contribution in [0.1, 0.15) is 35.7 Å².